The lowest BCUT2D eigenvalue weighted by Gasteiger charge is -2.38. The Morgan fingerprint density at radius 3 is 2.32 bits per heavy atom. The van der Waals surface area contributed by atoms with Gasteiger partial charge < -0.3 is 19.1 Å². The third-order valence-corrected chi connectivity index (χ3v) is 5.37. The third-order valence-electron chi connectivity index (χ3n) is 5.37. The van der Waals surface area contributed by atoms with E-state index < -0.39 is 0 Å². The van der Waals surface area contributed by atoms with Gasteiger partial charge in [0.2, 0.25) is 5.91 Å². The van der Waals surface area contributed by atoms with Crippen LogP contribution in [0.25, 0.3) is 0 Å². The number of carbonyl (C=O) groups is 1. The summed E-state index contributed by atoms with van der Waals surface area (Å²) in [5.41, 5.74) is 3.36. The van der Waals surface area contributed by atoms with Crippen LogP contribution in [0, 0.1) is 0 Å². The van der Waals surface area contributed by atoms with Gasteiger partial charge in [0.15, 0.2) is 11.5 Å². The molecule has 0 N–H and O–H groups in total. The van der Waals surface area contributed by atoms with Crippen LogP contribution < -0.4 is 14.2 Å². The summed E-state index contributed by atoms with van der Waals surface area (Å²) in [6, 6.07) is 11.9. The summed E-state index contributed by atoms with van der Waals surface area (Å²) in [7, 11) is 4.94. The molecule has 2 aromatic rings. The summed E-state index contributed by atoms with van der Waals surface area (Å²) in [4.78, 5) is 15.0. The van der Waals surface area contributed by atoms with Crippen LogP contribution in [0.2, 0.25) is 0 Å². The molecule has 0 saturated heterocycles. The number of hydrogen-bond donors (Lipinski definition) is 0. The van der Waals surface area contributed by atoms with Crippen molar-refractivity contribution in [3.05, 3.63) is 53.1 Å². The van der Waals surface area contributed by atoms with Gasteiger partial charge in [0.1, 0.15) is 5.75 Å². The number of ether oxygens (including phenoxy) is 3. The first kappa shape index (κ1) is 20.1. The molecule has 0 radical (unpaired) electrons. The Kier molecular flexibility index (Phi) is 6.45. The zero-order chi connectivity index (χ0) is 20.1. The molecular formula is C23H29NO4. The zero-order valence-electron chi connectivity index (χ0n) is 17.2. The summed E-state index contributed by atoms with van der Waals surface area (Å²) in [6.07, 6.45) is 3.30. The highest BCUT2D eigenvalue weighted by Gasteiger charge is 2.33. The summed E-state index contributed by atoms with van der Waals surface area (Å²) in [6.45, 7) is 2.80. The Hall–Kier alpha value is -2.69. The normalized spacial score (nSPS) is 15.7. The number of benzene rings is 2. The molecule has 2 aromatic carbocycles. The van der Waals surface area contributed by atoms with Gasteiger partial charge in [-0.2, -0.15) is 0 Å². The first-order chi connectivity index (χ1) is 13.6. The minimum Gasteiger partial charge on any atom is -0.497 e. The molecule has 1 aliphatic rings. The van der Waals surface area contributed by atoms with Gasteiger partial charge in [0, 0.05) is 13.0 Å². The van der Waals surface area contributed by atoms with Gasteiger partial charge in [-0.05, 0) is 53.8 Å². The van der Waals surface area contributed by atoms with Crippen LogP contribution in [0.15, 0.2) is 36.4 Å². The number of rotatable bonds is 7. The average Bonchev–Trinajstić information content (AvgIpc) is 2.75. The van der Waals surface area contributed by atoms with Crippen LogP contribution in [0.3, 0.4) is 0 Å². The zero-order valence-corrected chi connectivity index (χ0v) is 17.2. The van der Waals surface area contributed by atoms with E-state index in [1.165, 1.54) is 5.56 Å². The van der Waals surface area contributed by atoms with E-state index in [0.29, 0.717) is 18.7 Å². The molecular weight excluding hydrogens is 354 g/mol. The van der Waals surface area contributed by atoms with E-state index in [0.717, 1.165) is 41.9 Å². The maximum atomic E-state index is 13.0. The smallest absolute Gasteiger partial charge is 0.223 e. The summed E-state index contributed by atoms with van der Waals surface area (Å²) < 4.78 is 16.3. The van der Waals surface area contributed by atoms with Crippen LogP contribution in [0.4, 0.5) is 0 Å². The van der Waals surface area contributed by atoms with Crippen LogP contribution >= 0.6 is 0 Å². The summed E-state index contributed by atoms with van der Waals surface area (Å²) in [5.74, 6) is 2.40. The molecule has 0 bridgehead atoms. The van der Waals surface area contributed by atoms with Gasteiger partial charge in [-0.25, -0.2) is 0 Å². The molecule has 0 fully saturated rings. The first-order valence-corrected chi connectivity index (χ1v) is 9.81. The van der Waals surface area contributed by atoms with E-state index in [1.807, 2.05) is 41.3 Å². The third kappa shape index (κ3) is 3.93. The minimum absolute atomic E-state index is 0.140. The number of hydrogen-bond acceptors (Lipinski definition) is 4. The van der Waals surface area contributed by atoms with Gasteiger partial charge in [-0.1, -0.05) is 25.5 Å². The highest BCUT2D eigenvalue weighted by molar-refractivity contribution is 5.78. The second kappa shape index (κ2) is 9.00. The van der Waals surface area contributed by atoms with Crippen LogP contribution in [-0.4, -0.2) is 38.7 Å². The SMILES string of the molecule is CCCCC(=O)N1CCc2cc(OC)c(OC)cc2C1c1ccc(OC)cc1. The van der Waals surface area contributed by atoms with Crippen LogP contribution in [-0.2, 0) is 11.2 Å². The van der Waals surface area contributed by atoms with Gasteiger partial charge in [0.25, 0.3) is 0 Å². The fraction of sp³-hybridized carbons (Fsp3) is 0.435. The van der Waals surface area contributed by atoms with E-state index in [1.54, 1.807) is 21.3 Å². The molecule has 28 heavy (non-hydrogen) atoms. The molecule has 5 nitrogen and oxygen atoms in total. The topological polar surface area (TPSA) is 48.0 Å². The second-order valence-electron chi connectivity index (χ2n) is 7.02. The molecule has 3 rings (SSSR count). The van der Waals surface area contributed by atoms with Gasteiger partial charge in [-0.3, -0.25) is 4.79 Å². The molecule has 0 saturated carbocycles. The number of amides is 1. The monoisotopic (exact) mass is 383 g/mol. The average molecular weight is 383 g/mol. The quantitative estimate of drug-likeness (QED) is 0.712. The fourth-order valence-corrected chi connectivity index (χ4v) is 3.83. The van der Waals surface area contributed by atoms with E-state index in [9.17, 15) is 4.79 Å². The van der Waals surface area contributed by atoms with E-state index in [-0.39, 0.29) is 11.9 Å². The van der Waals surface area contributed by atoms with Crippen LogP contribution in [0.5, 0.6) is 17.2 Å². The number of nitrogens with zero attached hydrogens (tertiary/aromatic N) is 1. The van der Waals surface area contributed by atoms with Crippen molar-refractivity contribution in [3.63, 3.8) is 0 Å². The van der Waals surface area contributed by atoms with Crippen molar-refractivity contribution in [1.29, 1.82) is 0 Å². The largest absolute Gasteiger partial charge is 0.497 e. The predicted molar refractivity (Wildman–Crippen MR) is 109 cm³/mol. The Morgan fingerprint density at radius 1 is 1.04 bits per heavy atom. The lowest BCUT2D eigenvalue weighted by Crippen LogP contribution is -2.40. The predicted octanol–water partition coefficient (Wildman–Crippen LogP) is 4.38. The van der Waals surface area contributed by atoms with Gasteiger partial charge in [0.05, 0.1) is 27.4 Å². The number of methoxy groups -OCH3 is 3. The summed E-state index contributed by atoms with van der Waals surface area (Å²) >= 11 is 0. The number of carbonyl (C=O) groups excluding carboxylic acids is 1. The summed E-state index contributed by atoms with van der Waals surface area (Å²) in [5, 5.41) is 0. The molecule has 1 atom stereocenters. The van der Waals surface area contributed by atoms with Gasteiger partial charge in [-0.15, -0.1) is 0 Å². The van der Waals surface area contributed by atoms with Crippen molar-refractivity contribution in [2.45, 2.75) is 38.6 Å². The Morgan fingerprint density at radius 2 is 1.71 bits per heavy atom. The molecule has 1 aliphatic heterocycles. The molecule has 150 valence electrons. The lowest BCUT2D eigenvalue weighted by molar-refractivity contribution is -0.133. The molecule has 5 heteroatoms. The van der Waals surface area contributed by atoms with E-state index in [4.69, 9.17) is 14.2 Å². The standard InChI is InChI=1S/C23H29NO4/c1-5-6-7-22(25)24-13-12-17-14-20(27-3)21(28-4)15-19(17)23(24)16-8-10-18(26-2)11-9-16/h8-11,14-15,23H,5-7,12-13H2,1-4H3. The van der Waals surface area contributed by atoms with Crippen molar-refractivity contribution in [2.24, 2.45) is 0 Å². The van der Waals surface area contributed by atoms with Crippen LogP contribution in [0.1, 0.15) is 48.9 Å². The minimum atomic E-state index is -0.140. The molecule has 1 heterocycles. The Balaban J connectivity index is 2.08. The Labute approximate surface area is 167 Å². The lowest BCUT2D eigenvalue weighted by atomic mass is 9.87. The molecule has 0 aliphatic carbocycles. The Bertz CT molecular complexity index is 816. The number of unbranched alkanes of at least 4 members (excludes halogenated alkanes) is 1. The first-order valence-electron chi connectivity index (χ1n) is 9.81. The maximum absolute atomic E-state index is 13.0. The second-order valence-corrected chi connectivity index (χ2v) is 7.02. The van der Waals surface area contributed by atoms with Crippen molar-refractivity contribution in [1.82, 2.24) is 4.90 Å². The van der Waals surface area contributed by atoms with Gasteiger partial charge >= 0.3 is 0 Å². The van der Waals surface area contributed by atoms with Crippen molar-refractivity contribution in [3.8, 4) is 17.2 Å². The van der Waals surface area contributed by atoms with Crippen molar-refractivity contribution in [2.75, 3.05) is 27.9 Å². The van der Waals surface area contributed by atoms with Crippen molar-refractivity contribution < 1.29 is 19.0 Å². The van der Waals surface area contributed by atoms with E-state index >= 15 is 0 Å². The molecule has 0 aromatic heterocycles. The highest BCUT2D eigenvalue weighted by Crippen LogP contribution is 2.41. The molecule has 1 amide bonds. The molecule has 1 unspecified atom stereocenters. The fourth-order valence-electron chi connectivity index (χ4n) is 3.83. The maximum Gasteiger partial charge on any atom is 0.223 e. The highest BCUT2D eigenvalue weighted by atomic mass is 16.5. The van der Waals surface area contributed by atoms with Crippen molar-refractivity contribution >= 4 is 5.91 Å². The number of fused-ring (bicyclic) bond motifs is 1. The van der Waals surface area contributed by atoms with E-state index in [2.05, 4.69) is 6.92 Å². The molecule has 0 spiro atoms.